The molecule has 1 fully saturated rings. The Morgan fingerprint density at radius 3 is 2.68 bits per heavy atom. The molecule has 0 amide bonds. The van der Waals surface area contributed by atoms with Gasteiger partial charge in [0.05, 0.1) is 23.0 Å². The maximum atomic E-state index is 11.2. The molecule has 0 aliphatic carbocycles. The second-order valence-corrected chi connectivity index (χ2v) is 7.41. The zero-order valence-corrected chi connectivity index (χ0v) is 16.2. The van der Waals surface area contributed by atoms with Crippen LogP contribution in [0.4, 0.5) is 5.69 Å². The largest absolute Gasteiger partial charge is 0.491 e. The molecule has 2 aromatic rings. The zero-order chi connectivity index (χ0) is 20.1. The summed E-state index contributed by atoms with van der Waals surface area (Å²) in [6.45, 7) is 5.26. The molecule has 0 unspecified atom stereocenters. The molecule has 1 aliphatic rings. The summed E-state index contributed by atoms with van der Waals surface area (Å²) in [7, 11) is 0. The van der Waals surface area contributed by atoms with Crippen molar-refractivity contribution in [1.82, 2.24) is 4.90 Å². The van der Waals surface area contributed by atoms with Crippen molar-refractivity contribution in [1.29, 1.82) is 5.26 Å². The van der Waals surface area contributed by atoms with Gasteiger partial charge in [0.25, 0.3) is 5.69 Å². The van der Waals surface area contributed by atoms with E-state index < -0.39 is 0 Å². The zero-order valence-electron chi connectivity index (χ0n) is 16.2. The van der Waals surface area contributed by atoms with Gasteiger partial charge in [-0.25, -0.2) is 0 Å². The smallest absolute Gasteiger partial charge is 0.270 e. The van der Waals surface area contributed by atoms with Gasteiger partial charge in [-0.15, -0.1) is 0 Å². The Balaban J connectivity index is 1.88. The van der Waals surface area contributed by atoms with Gasteiger partial charge in [-0.1, -0.05) is 30.3 Å². The van der Waals surface area contributed by atoms with Gasteiger partial charge >= 0.3 is 0 Å². The van der Waals surface area contributed by atoms with Gasteiger partial charge in [0.2, 0.25) is 0 Å². The number of nitriles is 1. The summed E-state index contributed by atoms with van der Waals surface area (Å²) in [5, 5.41) is 21.1. The van der Waals surface area contributed by atoms with Crippen LogP contribution in [0.2, 0.25) is 0 Å². The van der Waals surface area contributed by atoms with Gasteiger partial charge in [-0.3, -0.25) is 15.0 Å². The lowest BCUT2D eigenvalue weighted by Gasteiger charge is -2.29. The van der Waals surface area contributed by atoms with Gasteiger partial charge in [0, 0.05) is 30.3 Å². The summed E-state index contributed by atoms with van der Waals surface area (Å²) in [5.74, 6) is 0.441. The summed E-state index contributed by atoms with van der Waals surface area (Å²) >= 11 is 0. The topological polar surface area (TPSA) is 79.4 Å². The molecular weight excluding hydrogens is 354 g/mol. The number of hydrogen-bond donors (Lipinski definition) is 0. The number of hydrogen-bond acceptors (Lipinski definition) is 5. The molecule has 1 aliphatic heterocycles. The summed E-state index contributed by atoms with van der Waals surface area (Å²) in [4.78, 5) is 13.1. The molecule has 0 aromatic heterocycles. The van der Waals surface area contributed by atoms with Crippen molar-refractivity contribution in [2.24, 2.45) is 0 Å². The highest BCUT2D eigenvalue weighted by atomic mass is 16.6. The fourth-order valence-electron chi connectivity index (χ4n) is 3.86. The van der Waals surface area contributed by atoms with E-state index in [9.17, 15) is 15.4 Å². The van der Waals surface area contributed by atoms with Crippen LogP contribution >= 0.6 is 0 Å². The molecule has 1 saturated heterocycles. The average Bonchev–Trinajstić information content (AvgIpc) is 3.12. The highest BCUT2D eigenvalue weighted by molar-refractivity contribution is 5.44. The number of ether oxygens (including phenoxy) is 1. The molecule has 0 saturated carbocycles. The van der Waals surface area contributed by atoms with E-state index in [4.69, 9.17) is 4.74 Å². The van der Waals surface area contributed by atoms with Crippen molar-refractivity contribution in [3.05, 3.63) is 69.8 Å². The number of nitrogens with zero attached hydrogens (tertiary/aromatic N) is 3. The summed E-state index contributed by atoms with van der Waals surface area (Å²) in [6.07, 6.45) is 1.92. The molecule has 146 valence electrons. The number of nitro groups is 1. The normalized spacial score (nSPS) is 18.0. The van der Waals surface area contributed by atoms with Crippen LogP contribution in [0.1, 0.15) is 43.7 Å². The molecule has 2 atom stereocenters. The highest BCUT2D eigenvalue weighted by Crippen LogP contribution is 2.34. The SMILES string of the molecule is CC(C)Oc1ccc([N+](=O)[O-])cc1CN1CCC[C@H]1[C@H](C#N)c1ccccc1. The highest BCUT2D eigenvalue weighted by Gasteiger charge is 2.33. The molecule has 28 heavy (non-hydrogen) atoms. The minimum absolute atomic E-state index is 0.0224. The van der Waals surface area contributed by atoms with Crippen LogP contribution in [0.3, 0.4) is 0 Å². The van der Waals surface area contributed by atoms with E-state index in [1.165, 1.54) is 6.07 Å². The van der Waals surface area contributed by atoms with Crippen molar-refractivity contribution in [3.8, 4) is 11.8 Å². The van der Waals surface area contributed by atoms with Gasteiger partial charge in [0.15, 0.2) is 0 Å². The summed E-state index contributed by atoms with van der Waals surface area (Å²) in [5.41, 5.74) is 1.86. The maximum Gasteiger partial charge on any atom is 0.270 e. The van der Waals surface area contributed by atoms with Crippen molar-refractivity contribution < 1.29 is 9.66 Å². The molecule has 2 aromatic carbocycles. The van der Waals surface area contributed by atoms with Crippen LogP contribution in [0.25, 0.3) is 0 Å². The van der Waals surface area contributed by atoms with E-state index in [0.717, 1.165) is 30.5 Å². The molecule has 0 bridgehead atoms. The molecule has 3 rings (SSSR count). The van der Waals surface area contributed by atoms with Crippen molar-refractivity contribution >= 4 is 5.69 Å². The van der Waals surface area contributed by atoms with Gasteiger partial charge in [-0.05, 0) is 44.9 Å². The Labute approximate surface area is 165 Å². The van der Waals surface area contributed by atoms with Crippen LogP contribution in [-0.2, 0) is 6.54 Å². The van der Waals surface area contributed by atoms with Gasteiger partial charge < -0.3 is 4.74 Å². The van der Waals surface area contributed by atoms with Gasteiger partial charge in [-0.2, -0.15) is 5.26 Å². The lowest BCUT2D eigenvalue weighted by Crippen LogP contribution is -2.33. The molecule has 0 spiro atoms. The van der Waals surface area contributed by atoms with Crippen molar-refractivity contribution in [2.75, 3.05) is 6.54 Å². The summed E-state index contributed by atoms with van der Waals surface area (Å²) in [6, 6.07) is 17.1. The average molecular weight is 379 g/mol. The lowest BCUT2D eigenvalue weighted by molar-refractivity contribution is -0.385. The minimum Gasteiger partial charge on any atom is -0.491 e. The number of likely N-dealkylation sites (tertiary alicyclic amines) is 1. The van der Waals surface area contributed by atoms with Crippen LogP contribution in [0.5, 0.6) is 5.75 Å². The second kappa shape index (κ2) is 8.85. The Hall–Kier alpha value is -2.91. The molecule has 0 radical (unpaired) electrons. The van der Waals surface area contributed by atoms with Crippen LogP contribution in [0, 0.1) is 21.4 Å². The Bertz CT molecular complexity index is 861. The van der Waals surface area contributed by atoms with Gasteiger partial charge in [0.1, 0.15) is 5.75 Å². The van der Waals surface area contributed by atoms with Crippen LogP contribution in [-0.4, -0.2) is 28.5 Å². The molecule has 6 nitrogen and oxygen atoms in total. The van der Waals surface area contributed by atoms with E-state index >= 15 is 0 Å². The lowest BCUT2D eigenvalue weighted by atomic mass is 9.91. The van der Waals surface area contributed by atoms with Crippen LogP contribution in [0.15, 0.2) is 48.5 Å². The standard InChI is InChI=1S/C22H25N3O3/c1-16(2)28-22-11-10-19(25(26)27)13-18(22)15-24-12-6-9-21(24)20(14-23)17-7-4-3-5-8-17/h3-5,7-8,10-11,13,16,20-21H,6,9,12,15H2,1-2H3/t20-,21+/m1/s1. The predicted octanol–water partition coefficient (Wildman–Crippen LogP) is 4.65. The predicted molar refractivity (Wildman–Crippen MR) is 107 cm³/mol. The number of non-ortho nitro benzene ring substituents is 1. The number of benzene rings is 2. The van der Waals surface area contributed by atoms with Crippen LogP contribution < -0.4 is 4.74 Å². The van der Waals surface area contributed by atoms with E-state index in [1.54, 1.807) is 12.1 Å². The Morgan fingerprint density at radius 1 is 1.29 bits per heavy atom. The van der Waals surface area contributed by atoms with Crippen molar-refractivity contribution in [2.45, 2.75) is 51.3 Å². The van der Waals surface area contributed by atoms with E-state index in [0.29, 0.717) is 12.3 Å². The third-order valence-electron chi connectivity index (χ3n) is 5.09. The fourth-order valence-corrected chi connectivity index (χ4v) is 3.86. The van der Waals surface area contributed by atoms with E-state index in [1.807, 2.05) is 44.2 Å². The number of rotatable bonds is 7. The first-order valence-electron chi connectivity index (χ1n) is 9.62. The first-order valence-corrected chi connectivity index (χ1v) is 9.62. The second-order valence-electron chi connectivity index (χ2n) is 7.41. The molecular formula is C22H25N3O3. The first-order chi connectivity index (χ1) is 13.5. The Morgan fingerprint density at radius 2 is 2.04 bits per heavy atom. The molecule has 6 heteroatoms. The summed E-state index contributed by atoms with van der Waals surface area (Å²) < 4.78 is 5.88. The first kappa shape index (κ1) is 19.8. The number of nitro benzene ring substituents is 1. The van der Waals surface area contributed by atoms with E-state index in [-0.39, 0.29) is 28.7 Å². The third kappa shape index (κ3) is 4.49. The Kier molecular flexibility index (Phi) is 6.27. The molecule has 1 heterocycles. The third-order valence-corrected chi connectivity index (χ3v) is 5.09. The van der Waals surface area contributed by atoms with Crippen molar-refractivity contribution in [3.63, 3.8) is 0 Å². The monoisotopic (exact) mass is 379 g/mol. The fraction of sp³-hybridized carbons (Fsp3) is 0.409. The quantitative estimate of drug-likeness (QED) is 0.517. The molecule has 0 N–H and O–H groups in total. The minimum atomic E-state index is -0.383. The maximum absolute atomic E-state index is 11.2. The van der Waals surface area contributed by atoms with E-state index in [2.05, 4.69) is 11.0 Å².